The van der Waals surface area contributed by atoms with Gasteiger partial charge in [-0.2, -0.15) is 0 Å². The molecular weight excluding hydrogens is 372 g/mol. The third-order valence-electron chi connectivity index (χ3n) is 4.93. The lowest BCUT2D eigenvalue weighted by Crippen LogP contribution is -2.30. The van der Waals surface area contributed by atoms with Crippen molar-refractivity contribution in [3.8, 4) is 5.75 Å². The highest BCUT2D eigenvalue weighted by atomic mass is 32.1. The number of phenolic OH excluding ortho intramolecular Hbond substituents is 1. The van der Waals surface area contributed by atoms with Gasteiger partial charge in [0.05, 0.1) is 18.3 Å². The number of hydrogen-bond donors (Lipinski definition) is 2. The minimum absolute atomic E-state index is 0.0844. The SMILES string of the molecule is COCCn1cccc1C1C(c2ccccn2)NC(=S)N1c1ccc(O)cc1. The number of methoxy groups -OCH3 is 1. The smallest absolute Gasteiger partial charge is 0.174 e. The molecule has 1 fully saturated rings. The van der Waals surface area contributed by atoms with Gasteiger partial charge in [0, 0.05) is 37.4 Å². The van der Waals surface area contributed by atoms with Crippen LogP contribution in [0.5, 0.6) is 5.75 Å². The van der Waals surface area contributed by atoms with Gasteiger partial charge in [-0.1, -0.05) is 6.07 Å². The van der Waals surface area contributed by atoms with E-state index in [1.807, 2.05) is 36.4 Å². The van der Waals surface area contributed by atoms with Gasteiger partial charge in [-0.25, -0.2) is 0 Å². The van der Waals surface area contributed by atoms with Crippen LogP contribution in [-0.2, 0) is 11.3 Å². The molecule has 0 radical (unpaired) electrons. The van der Waals surface area contributed by atoms with Crippen LogP contribution >= 0.6 is 12.2 Å². The number of rotatable bonds is 6. The molecule has 7 heteroatoms. The molecular formula is C21H22N4O2S. The molecule has 1 aromatic carbocycles. The number of phenols is 1. The third-order valence-corrected chi connectivity index (χ3v) is 5.24. The van der Waals surface area contributed by atoms with Gasteiger partial charge < -0.3 is 24.6 Å². The lowest BCUT2D eigenvalue weighted by Gasteiger charge is -2.29. The number of hydrogen-bond acceptors (Lipinski definition) is 4. The molecule has 2 aromatic heterocycles. The number of nitrogens with one attached hydrogen (secondary N) is 1. The summed E-state index contributed by atoms with van der Waals surface area (Å²) in [6.45, 7) is 1.38. The fourth-order valence-electron chi connectivity index (χ4n) is 3.64. The predicted octanol–water partition coefficient (Wildman–Crippen LogP) is 3.41. The molecule has 0 bridgehead atoms. The number of anilines is 1. The monoisotopic (exact) mass is 394 g/mol. The van der Waals surface area contributed by atoms with Crippen LogP contribution in [0.2, 0.25) is 0 Å². The summed E-state index contributed by atoms with van der Waals surface area (Å²) in [5.74, 6) is 0.225. The standard InChI is InChI=1S/C21H22N4O2S/c1-27-14-13-24-12-4-6-18(24)20-19(17-5-2-3-11-22-17)23-21(28)25(20)15-7-9-16(26)10-8-15/h2-12,19-20,26H,13-14H2,1H3,(H,23,28). The zero-order chi connectivity index (χ0) is 19.5. The number of thiocarbonyl (C=S) groups is 1. The van der Waals surface area contributed by atoms with Gasteiger partial charge in [0.1, 0.15) is 11.8 Å². The second-order valence-electron chi connectivity index (χ2n) is 6.63. The summed E-state index contributed by atoms with van der Waals surface area (Å²) in [7, 11) is 1.70. The Hall–Kier alpha value is -2.90. The van der Waals surface area contributed by atoms with E-state index in [0.29, 0.717) is 11.7 Å². The second kappa shape index (κ2) is 8.00. The van der Waals surface area contributed by atoms with E-state index < -0.39 is 0 Å². The van der Waals surface area contributed by atoms with Gasteiger partial charge in [-0.15, -0.1) is 0 Å². The lowest BCUT2D eigenvalue weighted by atomic mass is 10.0. The van der Waals surface area contributed by atoms with Crippen molar-refractivity contribution in [2.45, 2.75) is 18.6 Å². The van der Waals surface area contributed by atoms with Crippen molar-refractivity contribution in [3.63, 3.8) is 0 Å². The van der Waals surface area contributed by atoms with Crippen LogP contribution in [-0.4, -0.2) is 33.5 Å². The molecule has 6 nitrogen and oxygen atoms in total. The summed E-state index contributed by atoms with van der Waals surface area (Å²) in [6.07, 6.45) is 3.85. The van der Waals surface area contributed by atoms with Crippen molar-refractivity contribution in [3.05, 3.63) is 78.4 Å². The Morgan fingerprint density at radius 1 is 1.14 bits per heavy atom. The van der Waals surface area contributed by atoms with Crippen LogP contribution in [0.4, 0.5) is 5.69 Å². The Bertz CT molecular complexity index is 943. The Morgan fingerprint density at radius 2 is 1.96 bits per heavy atom. The van der Waals surface area contributed by atoms with E-state index in [0.717, 1.165) is 23.6 Å². The second-order valence-corrected chi connectivity index (χ2v) is 7.02. The Morgan fingerprint density at radius 3 is 2.68 bits per heavy atom. The van der Waals surface area contributed by atoms with E-state index >= 15 is 0 Å². The van der Waals surface area contributed by atoms with Gasteiger partial charge in [0.15, 0.2) is 5.11 Å². The van der Waals surface area contributed by atoms with Crippen LogP contribution in [0, 0.1) is 0 Å². The first-order valence-electron chi connectivity index (χ1n) is 9.12. The number of pyridine rings is 1. The fraction of sp³-hybridized carbons (Fsp3) is 0.238. The maximum atomic E-state index is 9.69. The van der Waals surface area contributed by atoms with Gasteiger partial charge in [-0.3, -0.25) is 4.98 Å². The van der Waals surface area contributed by atoms with Gasteiger partial charge in [0.2, 0.25) is 0 Å². The number of aromatic nitrogens is 2. The maximum absolute atomic E-state index is 9.69. The molecule has 0 spiro atoms. The first-order valence-corrected chi connectivity index (χ1v) is 9.53. The highest BCUT2D eigenvalue weighted by molar-refractivity contribution is 7.80. The molecule has 1 aliphatic heterocycles. The number of nitrogens with zero attached hydrogens (tertiary/aromatic N) is 3. The molecule has 0 amide bonds. The highest BCUT2D eigenvalue weighted by Crippen LogP contribution is 2.41. The van der Waals surface area contributed by atoms with Crippen LogP contribution in [0.1, 0.15) is 23.5 Å². The van der Waals surface area contributed by atoms with Crippen molar-refractivity contribution in [2.75, 3.05) is 18.6 Å². The largest absolute Gasteiger partial charge is 0.508 e. The molecule has 28 heavy (non-hydrogen) atoms. The minimum atomic E-state index is -0.0984. The number of ether oxygens (including phenoxy) is 1. The Labute approximate surface area is 169 Å². The molecule has 4 rings (SSSR count). The van der Waals surface area contributed by atoms with E-state index in [4.69, 9.17) is 17.0 Å². The van der Waals surface area contributed by atoms with E-state index in [-0.39, 0.29) is 17.8 Å². The van der Waals surface area contributed by atoms with Crippen molar-refractivity contribution >= 4 is 23.0 Å². The molecule has 3 aromatic rings. The van der Waals surface area contributed by atoms with E-state index in [2.05, 4.69) is 32.0 Å². The van der Waals surface area contributed by atoms with Crippen molar-refractivity contribution < 1.29 is 9.84 Å². The van der Waals surface area contributed by atoms with Crippen molar-refractivity contribution in [1.82, 2.24) is 14.9 Å². The van der Waals surface area contributed by atoms with Gasteiger partial charge in [0.25, 0.3) is 0 Å². The molecule has 0 aliphatic carbocycles. The van der Waals surface area contributed by atoms with E-state index in [1.165, 1.54) is 0 Å². The number of aromatic hydroxyl groups is 1. The molecule has 0 saturated carbocycles. The summed E-state index contributed by atoms with van der Waals surface area (Å²) in [6, 6.07) is 17.0. The average Bonchev–Trinajstić information content (AvgIpc) is 3.31. The summed E-state index contributed by atoms with van der Waals surface area (Å²) in [5, 5.41) is 13.8. The molecule has 2 atom stereocenters. The summed E-state index contributed by atoms with van der Waals surface area (Å²) < 4.78 is 7.46. The highest BCUT2D eigenvalue weighted by Gasteiger charge is 2.41. The first kappa shape index (κ1) is 18.5. The summed E-state index contributed by atoms with van der Waals surface area (Å²) in [4.78, 5) is 6.66. The molecule has 3 heterocycles. The van der Waals surface area contributed by atoms with Crippen LogP contribution in [0.15, 0.2) is 67.0 Å². The molecule has 144 valence electrons. The van der Waals surface area contributed by atoms with Crippen LogP contribution in [0.3, 0.4) is 0 Å². The van der Waals surface area contributed by atoms with E-state index in [9.17, 15) is 5.11 Å². The first-order chi connectivity index (χ1) is 13.7. The maximum Gasteiger partial charge on any atom is 0.174 e. The summed E-state index contributed by atoms with van der Waals surface area (Å²) in [5.41, 5.74) is 2.96. The number of benzene rings is 1. The minimum Gasteiger partial charge on any atom is -0.508 e. The topological polar surface area (TPSA) is 62.5 Å². The van der Waals surface area contributed by atoms with Crippen molar-refractivity contribution in [2.24, 2.45) is 0 Å². The third kappa shape index (κ3) is 3.46. The quantitative estimate of drug-likeness (QED) is 0.625. The normalized spacial score (nSPS) is 19.0. The lowest BCUT2D eigenvalue weighted by molar-refractivity contribution is 0.186. The Kier molecular flexibility index (Phi) is 5.27. The zero-order valence-corrected chi connectivity index (χ0v) is 16.3. The zero-order valence-electron chi connectivity index (χ0n) is 15.5. The predicted molar refractivity (Wildman–Crippen MR) is 112 cm³/mol. The van der Waals surface area contributed by atoms with Gasteiger partial charge in [-0.05, 0) is 60.7 Å². The van der Waals surface area contributed by atoms with Crippen LogP contribution < -0.4 is 10.2 Å². The summed E-state index contributed by atoms with van der Waals surface area (Å²) >= 11 is 5.70. The van der Waals surface area contributed by atoms with Crippen LogP contribution in [0.25, 0.3) is 0 Å². The molecule has 2 N–H and O–H groups in total. The van der Waals surface area contributed by atoms with Gasteiger partial charge >= 0.3 is 0 Å². The van der Waals surface area contributed by atoms with Crippen molar-refractivity contribution in [1.29, 1.82) is 0 Å². The molecule has 2 unspecified atom stereocenters. The Balaban J connectivity index is 1.80. The van der Waals surface area contributed by atoms with E-state index in [1.54, 1.807) is 25.4 Å². The molecule has 1 saturated heterocycles. The fourth-order valence-corrected chi connectivity index (χ4v) is 3.98. The average molecular weight is 395 g/mol. The molecule has 1 aliphatic rings.